The first-order chi connectivity index (χ1) is 11.7. The van der Waals surface area contributed by atoms with Gasteiger partial charge in [0.25, 0.3) is 5.91 Å². The van der Waals surface area contributed by atoms with Crippen LogP contribution in [0.5, 0.6) is 0 Å². The van der Waals surface area contributed by atoms with E-state index < -0.39 is 0 Å². The molecule has 5 nitrogen and oxygen atoms in total. The van der Waals surface area contributed by atoms with Crippen molar-refractivity contribution < 1.29 is 9.21 Å². The van der Waals surface area contributed by atoms with Gasteiger partial charge in [-0.15, -0.1) is 0 Å². The molecular formula is C19H21N3O2. The van der Waals surface area contributed by atoms with Gasteiger partial charge in [-0.3, -0.25) is 4.79 Å². The quantitative estimate of drug-likeness (QED) is 0.698. The standard InChI is InChI=1S/C19H21N3O2/c1-3-4-12-20-19(23)17-13-16(18-11-10-14(2)24-18)21-22(17)15-8-6-5-7-9-15/h5-11,13H,3-4,12H2,1-2H3,(H,20,23). The normalized spacial score (nSPS) is 10.8. The third-order valence-electron chi connectivity index (χ3n) is 3.75. The second-order valence-electron chi connectivity index (χ2n) is 5.68. The number of aryl methyl sites for hydroxylation is 1. The van der Waals surface area contributed by atoms with E-state index in [1.165, 1.54) is 0 Å². The maximum atomic E-state index is 12.6. The highest BCUT2D eigenvalue weighted by Crippen LogP contribution is 2.23. The van der Waals surface area contributed by atoms with E-state index in [1.54, 1.807) is 10.7 Å². The average Bonchev–Trinajstić information content (AvgIpc) is 3.22. The Morgan fingerprint density at radius 1 is 1.21 bits per heavy atom. The third kappa shape index (κ3) is 3.40. The van der Waals surface area contributed by atoms with Crippen LogP contribution in [0.1, 0.15) is 36.0 Å². The van der Waals surface area contributed by atoms with Crippen LogP contribution >= 0.6 is 0 Å². The molecule has 0 radical (unpaired) electrons. The van der Waals surface area contributed by atoms with Gasteiger partial charge < -0.3 is 9.73 Å². The highest BCUT2D eigenvalue weighted by Gasteiger charge is 2.18. The van der Waals surface area contributed by atoms with Crippen molar-refractivity contribution in [2.45, 2.75) is 26.7 Å². The van der Waals surface area contributed by atoms with E-state index in [0.29, 0.717) is 23.7 Å². The number of furan rings is 1. The summed E-state index contributed by atoms with van der Waals surface area (Å²) in [4.78, 5) is 12.6. The van der Waals surface area contributed by atoms with Gasteiger partial charge in [0.1, 0.15) is 17.1 Å². The largest absolute Gasteiger partial charge is 0.460 e. The summed E-state index contributed by atoms with van der Waals surface area (Å²) in [6.45, 7) is 4.64. The molecule has 0 atom stereocenters. The molecule has 0 saturated heterocycles. The van der Waals surface area contributed by atoms with Gasteiger partial charge in [-0.1, -0.05) is 31.5 Å². The summed E-state index contributed by atoms with van der Waals surface area (Å²) in [5, 5.41) is 7.53. The van der Waals surface area contributed by atoms with Crippen LogP contribution in [0, 0.1) is 6.92 Å². The SMILES string of the molecule is CCCCNC(=O)c1cc(-c2ccc(C)o2)nn1-c1ccccc1. The lowest BCUT2D eigenvalue weighted by atomic mass is 10.2. The van der Waals surface area contributed by atoms with Gasteiger partial charge in [-0.25, -0.2) is 4.68 Å². The summed E-state index contributed by atoms with van der Waals surface area (Å²) < 4.78 is 7.31. The maximum Gasteiger partial charge on any atom is 0.270 e. The highest BCUT2D eigenvalue weighted by molar-refractivity contribution is 5.94. The van der Waals surface area contributed by atoms with Crippen LogP contribution in [0.4, 0.5) is 0 Å². The van der Waals surface area contributed by atoms with Crippen molar-refractivity contribution in [2.75, 3.05) is 6.54 Å². The average molecular weight is 323 g/mol. The number of hydrogen-bond acceptors (Lipinski definition) is 3. The van der Waals surface area contributed by atoms with Crippen molar-refractivity contribution in [3.8, 4) is 17.1 Å². The Labute approximate surface area is 141 Å². The number of carbonyl (C=O) groups excluding carboxylic acids is 1. The first kappa shape index (κ1) is 16.1. The van der Waals surface area contributed by atoms with E-state index in [4.69, 9.17) is 4.42 Å². The lowest BCUT2D eigenvalue weighted by Gasteiger charge is -2.07. The second kappa shape index (κ2) is 7.17. The molecule has 5 heteroatoms. The summed E-state index contributed by atoms with van der Waals surface area (Å²) in [7, 11) is 0. The fourth-order valence-electron chi connectivity index (χ4n) is 2.47. The first-order valence-corrected chi connectivity index (χ1v) is 8.19. The van der Waals surface area contributed by atoms with E-state index in [-0.39, 0.29) is 5.91 Å². The van der Waals surface area contributed by atoms with Gasteiger partial charge in [0.15, 0.2) is 5.76 Å². The van der Waals surface area contributed by atoms with Crippen LogP contribution in [0.2, 0.25) is 0 Å². The Hall–Kier alpha value is -2.82. The van der Waals surface area contributed by atoms with Crippen molar-refractivity contribution in [2.24, 2.45) is 0 Å². The minimum absolute atomic E-state index is 0.130. The number of nitrogens with zero attached hydrogens (tertiary/aromatic N) is 2. The van der Waals surface area contributed by atoms with Crippen molar-refractivity contribution >= 4 is 5.91 Å². The number of unbranched alkanes of at least 4 members (excludes halogenated alkanes) is 1. The predicted octanol–water partition coefficient (Wildman–Crippen LogP) is 3.97. The number of amides is 1. The van der Waals surface area contributed by atoms with Crippen molar-refractivity contribution in [1.29, 1.82) is 0 Å². The fraction of sp³-hybridized carbons (Fsp3) is 0.263. The molecule has 2 aromatic heterocycles. The zero-order valence-corrected chi connectivity index (χ0v) is 14.0. The van der Waals surface area contributed by atoms with Crippen LogP contribution in [0.15, 0.2) is 52.9 Å². The van der Waals surface area contributed by atoms with E-state index in [2.05, 4.69) is 17.3 Å². The Bertz CT molecular complexity index is 818. The molecule has 0 aliphatic rings. The molecule has 24 heavy (non-hydrogen) atoms. The molecule has 0 aliphatic heterocycles. The zero-order chi connectivity index (χ0) is 16.9. The summed E-state index contributed by atoms with van der Waals surface area (Å²) >= 11 is 0. The molecule has 0 bridgehead atoms. The molecule has 1 aromatic carbocycles. The molecule has 1 amide bonds. The maximum absolute atomic E-state index is 12.6. The summed E-state index contributed by atoms with van der Waals surface area (Å²) in [6.07, 6.45) is 1.99. The third-order valence-corrected chi connectivity index (χ3v) is 3.75. The first-order valence-electron chi connectivity index (χ1n) is 8.19. The Morgan fingerprint density at radius 3 is 2.67 bits per heavy atom. The van der Waals surface area contributed by atoms with E-state index in [1.807, 2.05) is 49.4 Å². The minimum Gasteiger partial charge on any atom is -0.460 e. The molecule has 3 aromatic rings. The Balaban J connectivity index is 1.98. The number of para-hydroxylation sites is 1. The van der Waals surface area contributed by atoms with E-state index in [0.717, 1.165) is 24.3 Å². The Morgan fingerprint density at radius 2 is 2.00 bits per heavy atom. The van der Waals surface area contributed by atoms with Gasteiger partial charge in [0.2, 0.25) is 0 Å². The monoisotopic (exact) mass is 323 g/mol. The smallest absolute Gasteiger partial charge is 0.270 e. The van der Waals surface area contributed by atoms with Crippen molar-refractivity contribution in [3.63, 3.8) is 0 Å². The number of aromatic nitrogens is 2. The second-order valence-corrected chi connectivity index (χ2v) is 5.68. The van der Waals surface area contributed by atoms with Crippen LogP contribution < -0.4 is 5.32 Å². The summed E-state index contributed by atoms with van der Waals surface area (Å²) in [5.74, 6) is 1.34. The topological polar surface area (TPSA) is 60.1 Å². The molecule has 0 saturated carbocycles. The highest BCUT2D eigenvalue weighted by atomic mass is 16.3. The number of nitrogens with one attached hydrogen (secondary N) is 1. The summed E-state index contributed by atoms with van der Waals surface area (Å²) in [5.41, 5.74) is 1.99. The van der Waals surface area contributed by atoms with Crippen LogP contribution in [0.3, 0.4) is 0 Å². The lowest BCUT2D eigenvalue weighted by molar-refractivity contribution is 0.0945. The molecular weight excluding hydrogens is 302 g/mol. The molecule has 1 N–H and O–H groups in total. The number of rotatable bonds is 6. The number of benzene rings is 1. The molecule has 0 aliphatic carbocycles. The van der Waals surface area contributed by atoms with Gasteiger partial charge in [-0.2, -0.15) is 5.10 Å². The fourth-order valence-corrected chi connectivity index (χ4v) is 2.47. The van der Waals surface area contributed by atoms with Gasteiger partial charge in [0.05, 0.1) is 5.69 Å². The van der Waals surface area contributed by atoms with Crippen LogP contribution in [0.25, 0.3) is 17.1 Å². The molecule has 3 rings (SSSR count). The molecule has 124 valence electrons. The molecule has 0 unspecified atom stereocenters. The summed E-state index contributed by atoms with van der Waals surface area (Å²) in [6, 6.07) is 15.2. The van der Waals surface area contributed by atoms with E-state index in [9.17, 15) is 4.79 Å². The predicted molar refractivity (Wildman–Crippen MR) is 93.2 cm³/mol. The molecule has 0 fully saturated rings. The van der Waals surface area contributed by atoms with Gasteiger partial charge >= 0.3 is 0 Å². The van der Waals surface area contributed by atoms with E-state index >= 15 is 0 Å². The number of hydrogen-bond donors (Lipinski definition) is 1. The molecule has 2 heterocycles. The van der Waals surface area contributed by atoms with Crippen molar-refractivity contribution in [1.82, 2.24) is 15.1 Å². The minimum atomic E-state index is -0.130. The van der Waals surface area contributed by atoms with Crippen LogP contribution in [-0.2, 0) is 0 Å². The number of carbonyl (C=O) groups is 1. The Kier molecular flexibility index (Phi) is 4.79. The van der Waals surface area contributed by atoms with Crippen molar-refractivity contribution in [3.05, 3.63) is 60.0 Å². The molecule has 0 spiro atoms. The van der Waals surface area contributed by atoms with Gasteiger partial charge in [-0.05, 0) is 37.6 Å². The lowest BCUT2D eigenvalue weighted by Crippen LogP contribution is -2.26. The van der Waals surface area contributed by atoms with Crippen LogP contribution in [-0.4, -0.2) is 22.2 Å². The zero-order valence-electron chi connectivity index (χ0n) is 14.0. The van der Waals surface area contributed by atoms with Gasteiger partial charge in [0, 0.05) is 12.6 Å².